The highest BCUT2D eigenvalue weighted by Gasteiger charge is 2.21. The molecular weight excluding hydrogens is 308 g/mol. The molecule has 1 aliphatic heterocycles. The highest BCUT2D eigenvalue weighted by molar-refractivity contribution is 7.89. The molecule has 0 radical (unpaired) electrons. The standard InChI is InChI=1S/C14H22N2O5S/c1-16(2)12(9-15-22(17,18)7-6-19-3)11-4-5-13-14(8-11)21-10-20-13/h4-5,8,12,15H,6-7,9-10H2,1-3H3. The summed E-state index contributed by atoms with van der Waals surface area (Å²) in [5.41, 5.74) is 0.962. The lowest BCUT2D eigenvalue weighted by Crippen LogP contribution is -2.36. The highest BCUT2D eigenvalue weighted by atomic mass is 32.2. The molecule has 1 aromatic carbocycles. The fraction of sp³-hybridized carbons (Fsp3) is 0.571. The van der Waals surface area contributed by atoms with E-state index in [9.17, 15) is 8.42 Å². The van der Waals surface area contributed by atoms with Crippen LogP contribution in [0.4, 0.5) is 0 Å². The van der Waals surface area contributed by atoms with Gasteiger partial charge in [0.05, 0.1) is 12.4 Å². The molecule has 0 aromatic heterocycles. The molecule has 0 spiro atoms. The van der Waals surface area contributed by atoms with Gasteiger partial charge < -0.3 is 19.1 Å². The van der Waals surface area contributed by atoms with Gasteiger partial charge in [-0.1, -0.05) is 6.07 Å². The van der Waals surface area contributed by atoms with Gasteiger partial charge in [-0.2, -0.15) is 0 Å². The Morgan fingerprint density at radius 1 is 1.32 bits per heavy atom. The quantitative estimate of drug-likeness (QED) is 0.751. The van der Waals surface area contributed by atoms with E-state index in [1.54, 1.807) is 0 Å². The Bertz CT molecular complexity index is 603. The van der Waals surface area contributed by atoms with Crippen LogP contribution in [0, 0.1) is 0 Å². The second-order valence-corrected chi connectivity index (χ2v) is 7.18. The van der Waals surface area contributed by atoms with Crippen molar-refractivity contribution in [2.24, 2.45) is 0 Å². The molecule has 8 heteroatoms. The Morgan fingerprint density at radius 2 is 2.05 bits per heavy atom. The van der Waals surface area contributed by atoms with Crippen molar-refractivity contribution in [3.63, 3.8) is 0 Å². The van der Waals surface area contributed by atoms with Crippen LogP contribution >= 0.6 is 0 Å². The van der Waals surface area contributed by atoms with Gasteiger partial charge >= 0.3 is 0 Å². The van der Waals surface area contributed by atoms with Crippen molar-refractivity contribution in [1.29, 1.82) is 0 Å². The average molecular weight is 330 g/mol. The number of methoxy groups -OCH3 is 1. The minimum Gasteiger partial charge on any atom is -0.454 e. The van der Waals surface area contributed by atoms with Crippen molar-refractivity contribution < 1.29 is 22.6 Å². The van der Waals surface area contributed by atoms with Gasteiger partial charge in [0.25, 0.3) is 0 Å². The minimum absolute atomic E-state index is 0.0508. The Balaban J connectivity index is 2.07. The number of hydrogen-bond acceptors (Lipinski definition) is 6. The normalized spacial score (nSPS) is 15.3. The summed E-state index contributed by atoms with van der Waals surface area (Å²) in [6, 6.07) is 5.54. The molecule has 0 bridgehead atoms. The van der Waals surface area contributed by atoms with Crippen molar-refractivity contribution in [2.75, 3.05) is 46.9 Å². The largest absolute Gasteiger partial charge is 0.454 e. The van der Waals surface area contributed by atoms with E-state index in [1.807, 2.05) is 37.2 Å². The number of sulfonamides is 1. The molecule has 2 rings (SSSR count). The Labute approximate surface area is 131 Å². The average Bonchev–Trinajstić information content (AvgIpc) is 2.92. The van der Waals surface area contributed by atoms with Gasteiger partial charge in [0.1, 0.15) is 0 Å². The molecule has 1 N–H and O–H groups in total. The van der Waals surface area contributed by atoms with E-state index in [0.717, 1.165) is 5.56 Å². The molecule has 0 fully saturated rings. The monoisotopic (exact) mass is 330 g/mol. The van der Waals surface area contributed by atoms with E-state index in [1.165, 1.54) is 7.11 Å². The zero-order valence-electron chi connectivity index (χ0n) is 13.0. The molecule has 1 heterocycles. The van der Waals surface area contributed by atoms with Crippen LogP contribution < -0.4 is 14.2 Å². The smallest absolute Gasteiger partial charge is 0.231 e. The van der Waals surface area contributed by atoms with Crippen molar-refractivity contribution in [1.82, 2.24) is 9.62 Å². The summed E-state index contributed by atoms with van der Waals surface area (Å²) in [6.45, 7) is 0.666. The van der Waals surface area contributed by atoms with Crippen LogP contribution in [0.2, 0.25) is 0 Å². The molecule has 1 unspecified atom stereocenters. The first-order valence-electron chi connectivity index (χ1n) is 6.95. The fourth-order valence-electron chi connectivity index (χ4n) is 2.19. The second-order valence-electron chi connectivity index (χ2n) is 5.25. The van der Waals surface area contributed by atoms with E-state index in [4.69, 9.17) is 14.2 Å². The number of hydrogen-bond donors (Lipinski definition) is 1. The number of nitrogens with one attached hydrogen (secondary N) is 1. The highest BCUT2D eigenvalue weighted by Crippen LogP contribution is 2.34. The van der Waals surface area contributed by atoms with Gasteiger partial charge in [0.15, 0.2) is 11.5 Å². The third kappa shape index (κ3) is 4.33. The van der Waals surface area contributed by atoms with Crippen LogP contribution in [0.15, 0.2) is 18.2 Å². The van der Waals surface area contributed by atoms with Crippen LogP contribution in [0.5, 0.6) is 11.5 Å². The summed E-state index contributed by atoms with van der Waals surface area (Å²) < 4.78 is 41.9. The lowest BCUT2D eigenvalue weighted by Gasteiger charge is -2.25. The van der Waals surface area contributed by atoms with E-state index in [-0.39, 0.29) is 31.7 Å². The van der Waals surface area contributed by atoms with Gasteiger partial charge in [-0.3, -0.25) is 0 Å². The molecule has 7 nitrogen and oxygen atoms in total. The molecule has 0 saturated carbocycles. The number of nitrogens with zero attached hydrogens (tertiary/aromatic N) is 1. The molecule has 1 atom stereocenters. The van der Waals surface area contributed by atoms with Crippen LogP contribution in [0.25, 0.3) is 0 Å². The molecule has 0 amide bonds. The Hall–Kier alpha value is -1.35. The van der Waals surface area contributed by atoms with Crippen LogP contribution in [0.3, 0.4) is 0 Å². The maximum atomic E-state index is 11.9. The Kier molecular flexibility index (Phi) is 5.63. The van der Waals surface area contributed by atoms with Crippen molar-refractivity contribution in [3.8, 4) is 11.5 Å². The van der Waals surface area contributed by atoms with Gasteiger partial charge in [0.2, 0.25) is 16.8 Å². The number of ether oxygens (including phenoxy) is 3. The lowest BCUT2D eigenvalue weighted by atomic mass is 10.1. The van der Waals surface area contributed by atoms with E-state index < -0.39 is 10.0 Å². The summed E-state index contributed by atoms with van der Waals surface area (Å²) >= 11 is 0. The van der Waals surface area contributed by atoms with Gasteiger partial charge in [-0.05, 0) is 31.8 Å². The van der Waals surface area contributed by atoms with E-state index in [0.29, 0.717) is 11.5 Å². The molecule has 1 aliphatic rings. The summed E-state index contributed by atoms with van der Waals surface area (Å²) in [6.07, 6.45) is 0. The third-order valence-electron chi connectivity index (χ3n) is 3.46. The maximum absolute atomic E-state index is 11.9. The number of fused-ring (bicyclic) bond motifs is 1. The topological polar surface area (TPSA) is 77.1 Å². The van der Waals surface area contributed by atoms with Gasteiger partial charge in [-0.25, -0.2) is 13.1 Å². The predicted octanol–water partition coefficient (Wildman–Crippen LogP) is 0.584. The van der Waals surface area contributed by atoms with Gasteiger partial charge in [-0.15, -0.1) is 0 Å². The SMILES string of the molecule is COCCS(=O)(=O)NCC(c1ccc2c(c1)OCO2)N(C)C. The lowest BCUT2D eigenvalue weighted by molar-refractivity contribution is 0.174. The van der Waals surface area contributed by atoms with Crippen molar-refractivity contribution >= 4 is 10.0 Å². The zero-order valence-corrected chi connectivity index (χ0v) is 13.9. The molecular formula is C14H22N2O5S. The molecule has 22 heavy (non-hydrogen) atoms. The van der Waals surface area contributed by atoms with E-state index >= 15 is 0 Å². The molecule has 0 saturated heterocycles. The van der Waals surface area contributed by atoms with Gasteiger partial charge in [0, 0.05) is 19.7 Å². The third-order valence-corrected chi connectivity index (χ3v) is 4.77. The minimum atomic E-state index is -3.35. The summed E-state index contributed by atoms with van der Waals surface area (Å²) in [7, 11) is 1.93. The maximum Gasteiger partial charge on any atom is 0.231 e. The molecule has 0 aliphatic carbocycles. The number of rotatable bonds is 8. The summed E-state index contributed by atoms with van der Waals surface area (Å²) in [5, 5.41) is 0. The van der Waals surface area contributed by atoms with Crippen molar-refractivity contribution in [3.05, 3.63) is 23.8 Å². The van der Waals surface area contributed by atoms with Crippen molar-refractivity contribution in [2.45, 2.75) is 6.04 Å². The first-order valence-corrected chi connectivity index (χ1v) is 8.60. The first-order chi connectivity index (χ1) is 10.4. The van der Waals surface area contributed by atoms with Crippen LogP contribution in [-0.2, 0) is 14.8 Å². The van der Waals surface area contributed by atoms with Crippen LogP contribution in [0.1, 0.15) is 11.6 Å². The molecule has 124 valence electrons. The number of likely N-dealkylation sites (N-methyl/N-ethyl adjacent to an activating group) is 1. The summed E-state index contributed by atoms with van der Waals surface area (Å²) in [4.78, 5) is 1.95. The van der Waals surface area contributed by atoms with E-state index in [2.05, 4.69) is 4.72 Å². The predicted molar refractivity (Wildman–Crippen MR) is 82.7 cm³/mol. The zero-order chi connectivity index (χ0) is 16.2. The molecule has 1 aromatic rings. The summed E-state index contributed by atoms with van der Waals surface area (Å²) in [5.74, 6) is 1.35. The van der Waals surface area contributed by atoms with Crippen LogP contribution in [-0.4, -0.2) is 60.2 Å². The first kappa shape index (κ1) is 17.0. The second kappa shape index (κ2) is 7.28. The number of benzene rings is 1. The Morgan fingerprint density at radius 3 is 2.73 bits per heavy atom. The fourth-order valence-corrected chi connectivity index (χ4v) is 3.13.